The summed E-state index contributed by atoms with van der Waals surface area (Å²) in [6, 6.07) is 79.5. The lowest BCUT2D eigenvalue weighted by Crippen LogP contribution is -2.29. The Labute approximate surface area is 360 Å². The molecule has 61 heavy (non-hydrogen) atoms. The van der Waals surface area contributed by atoms with Crippen molar-refractivity contribution in [2.45, 2.75) is 38.5 Å². The Morgan fingerprint density at radius 1 is 0.328 bits per heavy atom. The van der Waals surface area contributed by atoms with Crippen molar-refractivity contribution in [1.29, 1.82) is 0 Å². The van der Waals surface area contributed by atoms with Crippen molar-refractivity contribution in [3.63, 3.8) is 0 Å². The first kappa shape index (κ1) is 36.8. The summed E-state index contributed by atoms with van der Waals surface area (Å²) in [5, 5.41) is 0. The van der Waals surface area contributed by atoms with Gasteiger partial charge in [0.1, 0.15) is 0 Å². The van der Waals surface area contributed by atoms with Crippen molar-refractivity contribution in [2.75, 3.05) is 4.90 Å². The van der Waals surface area contributed by atoms with E-state index in [9.17, 15) is 0 Å². The molecule has 11 rings (SSSR count). The molecule has 0 saturated heterocycles. The van der Waals surface area contributed by atoms with E-state index in [0.29, 0.717) is 0 Å². The Morgan fingerprint density at radius 2 is 0.770 bits per heavy atom. The third kappa shape index (κ3) is 5.76. The molecule has 1 heteroatoms. The van der Waals surface area contributed by atoms with Crippen LogP contribution in [-0.4, -0.2) is 0 Å². The van der Waals surface area contributed by atoms with E-state index in [4.69, 9.17) is 0 Å². The zero-order valence-electron chi connectivity index (χ0n) is 35.2. The minimum Gasteiger partial charge on any atom is -0.310 e. The number of fused-ring (bicyclic) bond motifs is 6. The fraction of sp³-hybridized carbons (Fsp3) is 0.100. The highest BCUT2D eigenvalue weighted by Gasteiger charge is 2.46. The molecule has 9 aromatic rings. The van der Waals surface area contributed by atoms with Crippen molar-refractivity contribution in [2.24, 2.45) is 0 Å². The van der Waals surface area contributed by atoms with Gasteiger partial charge in [0.15, 0.2) is 0 Å². The first-order valence-electron chi connectivity index (χ1n) is 21.5. The van der Waals surface area contributed by atoms with Crippen LogP contribution >= 0.6 is 0 Å². The van der Waals surface area contributed by atoms with Crippen molar-refractivity contribution in [3.8, 4) is 44.5 Å². The first-order chi connectivity index (χ1) is 29.8. The summed E-state index contributed by atoms with van der Waals surface area (Å²) in [6.07, 6.45) is 0. The normalized spacial score (nSPS) is 13.8. The zero-order chi connectivity index (χ0) is 41.3. The maximum atomic E-state index is 2.51. The number of hydrogen-bond donors (Lipinski definition) is 0. The van der Waals surface area contributed by atoms with Gasteiger partial charge in [-0.05, 0) is 117 Å². The molecular weight excluding hydrogens is 735 g/mol. The smallest absolute Gasteiger partial charge is 0.0714 e. The molecule has 0 atom stereocenters. The molecule has 0 N–H and O–H groups in total. The molecule has 2 aliphatic rings. The number of nitrogens with zero attached hydrogens (tertiary/aromatic N) is 1. The SMILES string of the molecule is Cc1ccc(C2(c3ccc(C)cc3)c3ccccc3-c3ccc(N(c4ccc5c(c4)C(C)(C)c4ccccc4-5)c4ccccc4-c4ccc(-c5ccccc5)cc4)cc32)cc1. The van der Waals surface area contributed by atoms with Gasteiger partial charge in [-0.25, -0.2) is 0 Å². The molecule has 0 saturated carbocycles. The molecule has 0 heterocycles. The Hall–Kier alpha value is -7.22. The van der Waals surface area contributed by atoms with Gasteiger partial charge in [-0.15, -0.1) is 0 Å². The lowest BCUT2D eigenvalue weighted by atomic mass is 9.67. The monoisotopic (exact) mass is 781 g/mol. The van der Waals surface area contributed by atoms with Crippen LogP contribution in [0.1, 0.15) is 58.4 Å². The molecule has 292 valence electrons. The molecular formula is C60H47N. The summed E-state index contributed by atoms with van der Waals surface area (Å²) in [5.41, 5.74) is 23.1. The third-order valence-corrected chi connectivity index (χ3v) is 13.5. The average molecular weight is 782 g/mol. The maximum absolute atomic E-state index is 2.51. The lowest BCUT2D eigenvalue weighted by molar-refractivity contribution is 0.660. The molecule has 0 aliphatic heterocycles. The van der Waals surface area contributed by atoms with Gasteiger partial charge in [0.25, 0.3) is 0 Å². The molecule has 0 fully saturated rings. The average Bonchev–Trinajstić information content (AvgIpc) is 3.72. The van der Waals surface area contributed by atoms with Gasteiger partial charge in [0.2, 0.25) is 0 Å². The van der Waals surface area contributed by atoms with Gasteiger partial charge in [-0.2, -0.15) is 0 Å². The van der Waals surface area contributed by atoms with Gasteiger partial charge >= 0.3 is 0 Å². The highest BCUT2D eigenvalue weighted by molar-refractivity contribution is 5.94. The number of anilines is 3. The maximum Gasteiger partial charge on any atom is 0.0714 e. The quantitative estimate of drug-likeness (QED) is 0.156. The number of hydrogen-bond acceptors (Lipinski definition) is 1. The second-order valence-corrected chi connectivity index (χ2v) is 17.5. The van der Waals surface area contributed by atoms with Gasteiger partial charge in [0.05, 0.1) is 11.1 Å². The number of benzene rings is 9. The molecule has 2 aliphatic carbocycles. The zero-order valence-corrected chi connectivity index (χ0v) is 35.2. The van der Waals surface area contributed by atoms with Crippen LogP contribution in [0.3, 0.4) is 0 Å². The Bertz CT molecular complexity index is 3050. The molecule has 0 amide bonds. The predicted octanol–water partition coefficient (Wildman–Crippen LogP) is 15.8. The number of aryl methyl sites for hydroxylation is 2. The van der Waals surface area contributed by atoms with Crippen molar-refractivity contribution >= 4 is 17.1 Å². The summed E-state index contributed by atoms with van der Waals surface area (Å²) in [7, 11) is 0. The summed E-state index contributed by atoms with van der Waals surface area (Å²) in [6.45, 7) is 9.10. The summed E-state index contributed by atoms with van der Waals surface area (Å²) in [5.74, 6) is 0. The van der Waals surface area contributed by atoms with E-state index < -0.39 is 5.41 Å². The molecule has 0 radical (unpaired) electrons. The summed E-state index contributed by atoms with van der Waals surface area (Å²) < 4.78 is 0. The van der Waals surface area contributed by atoms with E-state index in [-0.39, 0.29) is 5.41 Å². The Balaban J connectivity index is 1.16. The summed E-state index contributed by atoms with van der Waals surface area (Å²) in [4.78, 5) is 2.51. The fourth-order valence-corrected chi connectivity index (χ4v) is 10.4. The molecule has 9 aromatic carbocycles. The van der Waals surface area contributed by atoms with E-state index in [1.165, 1.54) is 89.0 Å². The van der Waals surface area contributed by atoms with Crippen LogP contribution in [0.5, 0.6) is 0 Å². The second kappa shape index (κ2) is 14.2. The third-order valence-electron chi connectivity index (χ3n) is 13.5. The van der Waals surface area contributed by atoms with Crippen LogP contribution in [0.4, 0.5) is 17.1 Å². The Kier molecular flexibility index (Phi) is 8.58. The van der Waals surface area contributed by atoms with Crippen LogP contribution in [0.2, 0.25) is 0 Å². The minimum absolute atomic E-state index is 0.147. The molecule has 0 unspecified atom stereocenters. The van der Waals surface area contributed by atoms with E-state index in [2.05, 4.69) is 245 Å². The van der Waals surface area contributed by atoms with Gasteiger partial charge in [0, 0.05) is 22.4 Å². The highest BCUT2D eigenvalue weighted by Crippen LogP contribution is 2.58. The van der Waals surface area contributed by atoms with Crippen molar-refractivity contribution in [3.05, 3.63) is 257 Å². The topological polar surface area (TPSA) is 3.24 Å². The van der Waals surface area contributed by atoms with Gasteiger partial charge in [-0.1, -0.05) is 207 Å². The first-order valence-corrected chi connectivity index (χ1v) is 21.5. The van der Waals surface area contributed by atoms with Crippen molar-refractivity contribution in [1.82, 2.24) is 0 Å². The lowest BCUT2D eigenvalue weighted by Gasteiger charge is -2.35. The van der Waals surface area contributed by atoms with E-state index in [1.54, 1.807) is 0 Å². The van der Waals surface area contributed by atoms with E-state index in [0.717, 1.165) is 17.1 Å². The van der Waals surface area contributed by atoms with Crippen LogP contribution in [0.15, 0.2) is 212 Å². The fourth-order valence-electron chi connectivity index (χ4n) is 10.4. The van der Waals surface area contributed by atoms with Gasteiger partial charge < -0.3 is 4.90 Å². The number of rotatable bonds is 7. The van der Waals surface area contributed by atoms with Gasteiger partial charge in [-0.3, -0.25) is 0 Å². The van der Waals surface area contributed by atoms with E-state index in [1.807, 2.05) is 0 Å². The molecule has 0 aromatic heterocycles. The molecule has 1 nitrogen and oxygen atoms in total. The number of para-hydroxylation sites is 1. The molecule has 0 bridgehead atoms. The van der Waals surface area contributed by atoms with E-state index >= 15 is 0 Å². The molecule has 0 spiro atoms. The summed E-state index contributed by atoms with van der Waals surface area (Å²) >= 11 is 0. The largest absolute Gasteiger partial charge is 0.310 e. The predicted molar refractivity (Wildman–Crippen MR) is 256 cm³/mol. The van der Waals surface area contributed by atoms with Crippen LogP contribution in [0, 0.1) is 13.8 Å². The van der Waals surface area contributed by atoms with Crippen molar-refractivity contribution < 1.29 is 0 Å². The van der Waals surface area contributed by atoms with Crippen LogP contribution < -0.4 is 4.90 Å². The van der Waals surface area contributed by atoms with Crippen LogP contribution in [-0.2, 0) is 10.8 Å². The minimum atomic E-state index is -0.524. The van der Waals surface area contributed by atoms with Crippen LogP contribution in [0.25, 0.3) is 44.5 Å². The highest BCUT2D eigenvalue weighted by atomic mass is 15.1. The standard InChI is InChI=1S/C60H47N/c1-40-22-30-45(31-23-40)60(46-32-24-41(2)25-33-46)55-20-12-9-18-51(55)53-37-35-48(39-57(53)60)61(47-34-36-52-50-17-8-11-19-54(50)59(3,4)56(52)38-47)58-21-13-10-16-49(58)44-28-26-43(27-29-44)42-14-6-5-7-15-42/h5-39H,1-4H3. The Morgan fingerprint density at radius 3 is 1.39 bits per heavy atom. The second-order valence-electron chi connectivity index (χ2n) is 17.5.